The summed E-state index contributed by atoms with van der Waals surface area (Å²) >= 11 is 5.82. The van der Waals surface area contributed by atoms with E-state index in [1.54, 1.807) is 38.2 Å². The lowest BCUT2D eigenvalue weighted by Gasteiger charge is -2.17. The second-order valence-electron chi connectivity index (χ2n) is 5.42. The number of carbonyl (C=O) groups excluding carboxylic acids is 2. The van der Waals surface area contributed by atoms with Crippen molar-refractivity contribution in [3.05, 3.63) is 64.2 Å². The van der Waals surface area contributed by atoms with E-state index in [1.807, 2.05) is 12.1 Å². The van der Waals surface area contributed by atoms with E-state index in [0.29, 0.717) is 17.1 Å². The number of ether oxygens (including phenoxy) is 1. The van der Waals surface area contributed by atoms with Gasteiger partial charge < -0.3 is 14.7 Å². The highest BCUT2D eigenvalue weighted by Gasteiger charge is 2.17. The SMILES string of the molecule is Cc1cccc(C(=O)OCC(=O)N(C)Cc2ccc(Cl)cc2)c1O. The van der Waals surface area contributed by atoms with Crippen molar-refractivity contribution in [3.63, 3.8) is 0 Å². The number of esters is 1. The van der Waals surface area contributed by atoms with Gasteiger partial charge in [0, 0.05) is 18.6 Å². The number of aryl methyl sites for hydroxylation is 1. The molecule has 0 aromatic heterocycles. The largest absolute Gasteiger partial charge is 0.507 e. The smallest absolute Gasteiger partial charge is 0.342 e. The first-order chi connectivity index (χ1) is 11.4. The summed E-state index contributed by atoms with van der Waals surface area (Å²) in [6.45, 7) is 1.66. The maximum absolute atomic E-state index is 12.1. The normalized spacial score (nSPS) is 10.3. The third kappa shape index (κ3) is 4.49. The fourth-order valence-electron chi connectivity index (χ4n) is 2.09. The molecule has 0 fully saturated rings. The van der Waals surface area contributed by atoms with Crippen LogP contribution in [-0.2, 0) is 16.1 Å². The number of rotatable bonds is 5. The summed E-state index contributed by atoms with van der Waals surface area (Å²) in [5, 5.41) is 10.5. The molecule has 0 spiro atoms. The predicted octanol–water partition coefficient (Wildman–Crippen LogP) is 3.17. The van der Waals surface area contributed by atoms with Crippen molar-refractivity contribution in [2.45, 2.75) is 13.5 Å². The minimum atomic E-state index is -0.732. The van der Waals surface area contributed by atoms with Gasteiger partial charge in [-0.25, -0.2) is 4.79 Å². The van der Waals surface area contributed by atoms with Crippen molar-refractivity contribution in [2.75, 3.05) is 13.7 Å². The van der Waals surface area contributed by atoms with Crippen LogP contribution in [0, 0.1) is 6.92 Å². The molecule has 2 aromatic carbocycles. The van der Waals surface area contributed by atoms with Crippen LogP contribution >= 0.6 is 11.6 Å². The first kappa shape index (κ1) is 17.8. The van der Waals surface area contributed by atoms with Crippen LogP contribution in [0.1, 0.15) is 21.5 Å². The van der Waals surface area contributed by atoms with E-state index < -0.39 is 12.6 Å². The molecule has 0 heterocycles. The van der Waals surface area contributed by atoms with Crippen LogP contribution in [0.4, 0.5) is 0 Å². The number of hydrogen-bond acceptors (Lipinski definition) is 4. The van der Waals surface area contributed by atoms with Crippen molar-refractivity contribution < 1.29 is 19.4 Å². The lowest BCUT2D eigenvalue weighted by molar-refractivity contribution is -0.133. The topological polar surface area (TPSA) is 66.8 Å². The van der Waals surface area contributed by atoms with Gasteiger partial charge in [-0.05, 0) is 36.2 Å². The zero-order chi connectivity index (χ0) is 17.7. The lowest BCUT2D eigenvalue weighted by Crippen LogP contribution is -2.30. The van der Waals surface area contributed by atoms with Gasteiger partial charge >= 0.3 is 5.97 Å². The maximum Gasteiger partial charge on any atom is 0.342 e. The monoisotopic (exact) mass is 347 g/mol. The number of likely N-dealkylation sites (N-methyl/N-ethyl adjacent to an activating group) is 1. The highest BCUT2D eigenvalue weighted by molar-refractivity contribution is 6.30. The predicted molar refractivity (Wildman–Crippen MR) is 91.1 cm³/mol. The number of phenolic OH excluding ortho intramolecular Hbond substituents is 1. The minimum absolute atomic E-state index is 0.0446. The Morgan fingerprint density at radius 3 is 2.50 bits per heavy atom. The molecule has 0 unspecified atom stereocenters. The van der Waals surface area contributed by atoms with Gasteiger partial charge in [0.25, 0.3) is 5.91 Å². The van der Waals surface area contributed by atoms with Gasteiger partial charge in [-0.3, -0.25) is 4.79 Å². The molecule has 0 atom stereocenters. The summed E-state index contributed by atoms with van der Waals surface area (Å²) in [5.41, 5.74) is 1.52. The number of amides is 1. The van der Waals surface area contributed by atoms with Crippen LogP contribution in [0.25, 0.3) is 0 Å². The van der Waals surface area contributed by atoms with Crippen LogP contribution in [0.3, 0.4) is 0 Å². The van der Waals surface area contributed by atoms with Crippen molar-refractivity contribution in [1.29, 1.82) is 0 Å². The number of hydrogen-bond donors (Lipinski definition) is 1. The second kappa shape index (κ2) is 7.84. The van der Waals surface area contributed by atoms with Gasteiger partial charge in [-0.15, -0.1) is 0 Å². The molecule has 6 heteroatoms. The van der Waals surface area contributed by atoms with Gasteiger partial charge in [0.15, 0.2) is 6.61 Å². The summed E-state index contributed by atoms with van der Waals surface area (Å²) in [6.07, 6.45) is 0. The number of carbonyl (C=O) groups is 2. The number of aromatic hydroxyl groups is 1. The molecular weight excluding hydrogens is 330 g/mol. The van der Waals surface area contributed by atoms with Crippen LogP contribution in [0.2, 0.25) is 5.02 Å². The van der Waals surface area contributed by atoms with E-state index in [0.717, 1.165) is 5.56 Å². The van der Waals surface area contributed by atoms with E-state index in [9.17, 15) is 14.7 Å². The van der Waals surface area contributed by atoms with Gasteiger partial charge in [0.05, 0.1) is 0 Å². The third-order valence-electron chi connectivity index (χ3n) is 3.54. The van der Waals surface area contributed by atoms with Crippen molar-refractivity contribution in [2.24, 2.45) is 0 Å². The average Bonchev–Trinajstić information content (AvgIpc) is 2.56. The molecule has 0 aliphatic carbocycles. The quantitative estimate of drug-likeness (QED) is 0.844. The van der Waals surface area contributed by atoms with Crippen LogP contribution in [0.5, 0.6) is 5.75 Å². The summed E-state index contributed by atoms with van der Waals surface area (Å²) in [4.78, 5) is 25.5. The second-order valence-corrected chi connectivity index (χ2v) is 5.86. The molecule has 0 bridgehead atoms. The van der Waals surface area contributed by atoms with Crippen LogP contribution < -0.4 is 0 Å². The number of phenols is 1. The molecule has 5 nitrogen and oxygen atoms in total. The zero-order valence-electron chi connectivity index (χ0n) is 13.5. The number of nitrogens with zero attached hydrogens (tertiary/aromatic N) is 1. The first-order valence-corrected chi connectivity index (χ1v) is 7.70. The van der Waals surface area contributed by atoms with Gasteiger partial charge in [0.1, 0.15) is 11.3 Å². The number of halogens is 1. The average molecular weight is 348 g/mol. The minimum Gasteiger partial charge on any atom is -0.507 e. The summed E-state index contributed by atoms with van der Waals surface area (Å²) < 4.78 is 4.99. The Morgan fingerprint density at radius 2 is 1.83 bits per heavy atom. The number of para-hydroxylation sites is 1. The number of benzene rings is 2. The Hall–Kier alpha value is -2.53. The Labute approximate surface area is 145 Å². The molecule has 1 amide bonds. The molecule has 126 valence electrons. The Kier molecular flexibility index (Phi) is 5.82. The van der Waals surface area contributed by atoms with Gasteiger partial charge in [0.2, 0.25) is 0 Å². The Bertz CT molecular complexity index is 743. The summed E-state index contributed by atoms with van der Waals surface area (Å²) in [6, 6.07) is 11.9. The van der Waals surface area contributed by atoms with E-state index in [4.69, 9.17) is 16.3 Å². The van der Waals surface area contributed by atoms with Crippen LogP contribution in [-0.4, -0.2) is 35.5 Å². The molecule has 2 rings (SSSR count). The maximum atomic E-state index is 12.1. The van der Waals surface area contributed by atoms with E-state index >= 15 is 0 Å². The highest BCUT2D eigenvalue weighted by Crippen LogP contribution is 2.22. The van der Waals surface area contributed by atoms with Gasteiger partial charge in [-0.2, -0.15) is 0 Å². The summed E-state index contributed by atoms with van der Waals surface area (Å²) in [7, 11) is 1.62. The molecular formula is C18H18ClNO4. The lowest BCUT2D eigenvalue weighted by atomic mass is 10.1. The van der Waals surface area contributed by atoms with Crippen molar-refractivity contribution in [1.82, 2.24) is 4.90 Å². The standard InChI is InChI=1S/C18H18ClNO4/c1-12-4-3-5-15(17(12)22)18(23)24-11-16(21)20(2)10-13-6-8-14(19)9-7-13/h3-9,22H,10-11H2,1-2H3. The van der Waals surface area contributed by atoms with Gasteiger partial charge in [-0.1, -0.05) is 35.9 Å². The van der Waals surface area contributed by atoms with E-state index in [-0.39, 0.29) is 17.2 Å². The Balaban J connectivity index is 1.91. The van der Waals surface area contributed by atoms with Crippen molar-refractivity contribution >= 4 is 23.5 Å². The molecule has 1 N–H and O–H groups in total. The highest BCUT2D eigenvalue weighted by atomic mass is 35.5. The summed E-state index contributed by atoms with van der Waals surface area (Å²) in [5.74, 6) is -1.21. The molecule has 24 heavy (non-hydrogen) atoms. The van der Waals surface area contributed by atoms with E-state index in [2.05, 4.69) is 0 Å². The molecule has 0 aliphatic heterocycles. The zero-order valence-corrected chi connectivity index (χ0v) is 14.2. The first-order valence-electron chi connectivity index (χ1n) is 7.32. The molecule has 0 saturated heterocycles. The fourth-order valence-corrected chi connectivity index (χ4v) is 2.22. The molecule has 0 aliphatic rings. The fraction of sp³-hybridized carbons (Fsp3) is 0.222. The Morgan fingerprint density at radius 1 is 1.17 bits per heavy atom. The molecule has 2 aromatic rings. The molecule has 0 saturated carbocycles. The van der Waals surface area contributed by atoms with E-state index in [1.165, 1.54) is 11.0 Å². The van der Waals surface area contributed by atoms with Crippen molar-refractivity contribution in [3.8, 4) is 5.75 Å². The third-order valence-corrected chi connectivity index (χ3v) is 3.80. The van der Waals surface area contributed by atoms with Crippen LogP contribution in [0.15, 0.2) is 42.5 Å². The molecule has 0 radical (unpaired) electrons.